The van der Waals surface area contributed by atoms with Crippen LogP contribution < -0.4 is 0 Å². The van der Waals surface area contributed by atoms with E-state index in [1.807, 2.05) is 0 Å². The summed E-state index contributed by atoms with van der Waals surface area (Å²) in [6.45, 7) is -0.204. The lowest BCUT2D eigenvalue weighted by Gasteiger charge is -2.12. The summed E-state index contributed by atoms with van der Waals surface area (Å²) in [5.74, 6) is 0. The summed E-state index contributed by atoms with van der Waals surface area (Å²) >= 11 is 0. The molecule has 1 saturated heterocycles. The summed E-state index contributed by atoms with van der Waals surface area (Å²) < 4.78 is 39.3. The average molecular weight is 156 g/mol. The number of aliphatic hydroxyl groups excluding tert-OH is 1. The highest BCUT2D eigenvalue weighted by molar-refractivity contribution is 4.77. The summed E-state index contributed by atoms with van der Waals surface area (Å²) in [6, 6.07) is 0. The molecule has 2 nitrogen and oxygen atoms in total. The fourth-order valence-electron chi connectivity index (χ4n) is 0.839. The summed E-state index contributed by atoms with van der Waals surface area (Å²) in [5.41, 5.74) is 0. The molecule has 5 heteroatoms. The molecule has 1 aliphatic heterocycles. The zero-order valence-corrected chi connectivity index (χ0v) is 5.06. The van der Waals surface area contributed by atoms with Crippen molar-refractivity contribution in [1.29, 1.82) is 0 Å². The number of rotatable bonds is 0. The summed E-state index contributed by atoms with van der Waals surface area (Å²) in [7, 11) is 0. The minimum atomic E-state index is -4.32. The highest BCUT2D eigenvalue weighted by Crippen LogP contribution is 2.29. The van der Waals surface area contributed by atoms with Crippen LogP contribution in [-0.2, 0) is 4.74 Å². The fourth-order valence-corrected chi connectivity index (χ4v) is 0.839. The first-order valence-electron chi connectivity index (χ1n) is 2.86. The van der Waals surface area contributed by atoms with Gasteiger partial charge in [-0.15, -0.1) is 0 Å². The lowest BCUT2D eigenvalue weighted by Crippen LogP contribution is -2.27. The van der Waals surface area contributed by atoms with Crippen LogP contribution in [0, 0.1) is 0 Å². The van der Waals surface area contributed by atoms with E-state index in [1.54, 1.807) is 0 Å². The molecule has 0 amide bonds. The molecule has 0 aromatic rings. The molecule has 0 radical (unpaired) electrons. The van der Waals surface area contributed by atoms with E-state index in [0.29, 0.717) is 0 Å². The van der Waals surface area contributed by atoms with Gasteiger partial charge in [0, 0.05) is 6.42 Å². The Labute approximate surface area is 55.6 Å². The molecule has 1 rings (SSSR count). The summed E-state index contributed by atoms with van der Waals surface area (Å²) in [5, 5.41) is 8.64. The average Bonchev–Trinajstić information content (AvgIpc) is 2.11. The van der Waals surface area contributed by atoms with Crippen LogP contribution in [0.3, 0.4) is 0 Å². The summed E-state index contributed by atoms with van der Waals surface area (Å²) in [4.78, 5) is 0. The molecule has 1 aliphatic rings. The molecular weight excluding hydrogens is 149 g/mol. The van der Waals surface area contributed by atoms with Crippen LogP contribution in [0.5, 0.6) is 0 Å². The SMILES string of the molecule is O[C@H]1CO[C@@H](C(F)(F)F)C1. The minimum absolute atomic E-state index is 0.204. The van der Waals surface area contributed by atoms with E-state index in [4.69, 9.17) is 5.11 Å². The van der Waals surface area contributed by atoms with E-state index in [9.17, 15) is 13.2 Å². The molecule has 1 fully saturated rings. The molecule has 2 atom stereocenters. The van der Waals surface area contributed by atoms with Crippen LogP contribution in [0.2, 0.25) is 0 Å². The first-order valence-corrected chi connectivity index (χ1v) is 2.86. The second-order valence-corrected chi connectivity index (χ2v) is 2.25. The fraction of sp³-hybridized carbons (Fsp3) is 1.00. The van der Waals surface area contributed by atoms with Crippen molar-refractivity contribution in [2.75, 3.05) is 6.61 Å². The highest BCUT2D eigenvalue weighted by Gasteiger charge is 2.45. The van der Waals surface area contributed by atoms with Gasteiger partial charge in [-0.05, 0) is 0 Å². The number of ether oxygens (including phenoxy) is 1. The zero-order valence-electron chi connectivity index (χ0n) is 5.06. The number of hydrogen-bond donors (Lipinski definition) is 1. The van der Waals surface area contributed by atoms with Crippen molar-refractivity contribution in [3.05, 3.63) is 0 Å². The molecular formula is C5H7F3O2. The van der Waals surface area contributed by atoms with Gasteiger partial charge in [0.2, 0.25) is 0 Å². The maximum atomic E-state index is 11.7. The van der Waals surface area contributed by atoms with Crippen molar-refractivity contribution in [1.82, 2.24) is 0 Å². The smallest absolute Gasteiger partial charge is 0.391 e. The second-order valence-electron chi connectivity index (χ2n) is 2.25. The van der Waals surface area contributed by atoms with Gasteiger partial charge in [-0.2, -0.15) is 13.2 Å². The Hall–Kier alpha value is -0.290. The number of alkyl halides is 3. The van der Waals surface area contributed by atoms with Gasteiger partial charge in [0.15, 0.2) is 6.10 Å². The molecule has 0 aromatic carbocycles. The van der Waals surface area contributed by atoms with Crippen LogP contribution in [0.4, 0.5) is 13.2 Å². The van der Waals surface area contributed by atoms with Gasteiger partial charge in [-0.25, -0.2) is 0 Å². The Bertz CT molecular complexity index is 123. The third-order valence-corrected chi connectivity index (χ3v) is 1.34. The van der Waals surface area contributed by atoms with Gasteiger partial charge in [0.1, 0.15) is 0 Å². The van der Waals surface area contributed by atoms with Gasteiger partial charge >= 0.3 is 6.18 Å². The van der Waals surface area contributed by atoms with E-state index in [2.05, 4.69) is 4.74 Å². The van der Waals surface area contributed by atoms with E-state index in [0.717, 1.165) is 0 Å². The third kappa shape index (κ3) is 1.60. The Morgan fingerprint density at radius 1 is 1.40 bits per heavy atom. The van der Waals surface area contributed by atoms with Crippen molar-refractivity contribution < 1.29 is 23.0 Å². The monoisotopic (exact) mass is 156 g/mol. The Morgan fingerprint density at radius 3 is 2.20 bits per heavy atom. The van der Waals surface area contributed by atoms with E-state index < -0.39 is 18.4 Å². The molecule has 60 valence electrons. The Kier molecular flexibility index (Phi) is 1.87. The van der Waals surface area contributed by atoms with Crippen molar-refractivity contribution in [2.24, 2.45) is 0 Å². The van der Waals surface area contributed by atoms with Crippen molar-refractivity contribution in [2.45, 2.75) is 24.8 Å². The number of hydrogen-bond acceptors (Lipinski definition) is 2. The molecule has 0 aliphatic carbocycles. The number of aliphatic hydroxyl groups is 1. The first kappa shape index (κ1) is 7.81. The standard InChI is InChI=1S/C5H7F3O2/c6-5(7,8)4-1-3(9)2-10-4/h3-4,9H,1-2H2/t3-,4-/m1/s1. The van der Waals surface area contributed by atoms with Crippen LogP contribution in [0.25, 0.3) is 0 Å². The maximum absolute atomic E-state index is 11.7. The quantitative estimate of drug-likeness (QED) is 0.559. The zero-order chi connectivity index (χ0) is 7.78. The molecule has 1 heterocycles. The topological polar surface area (TPSA) is 29.5 Å². The van der Waals surface area contributed by atoms with Gasteiger partial charge in [-0.3, -0.25) is 0 Å². The van der Waals surface area contributed by atoms with Crippen LogP contribution in [0.15, 0.2) is 0 Å². The van der Waals surface area contributed by atoms with Crippen LogP contribution in [0.1, 0.15) is 6.42 Å². The van der Waals surface area contributed by atoms with Crippen molar-refractivity contribution in [3.8, 4) is 0 Å². The first-order chi connectivity index (χ1) is 4.50. The molecule has 0 unspecified atom stereocenters. The highest BCUT2D eigenvalue weighted by atomic mass is 19.4. The molecule has 0 bridgehead atoms. The Morgan fingerprint density at radius 2 is 2.00 bits per heavy atom. The van der Waals surface area contributed by atoms with Crippen LogP contribution >= 0.6 is 0 Å². The van der Waals surface area contributed by atoms with Gasteiger partial charge in [-0.1, -0.05) is 0 Å². The maximum Gasteiger partial charge on any atom is 0.414 e. The summed E-state index contributed by atoms with van der Waals surface area (Å²) in [6.07, 6.45) is -7.37. The largest absolute Gasteiger partial charge is 0.414 e. The molecule has 1 N–H and O–H groups in total. The Balaban J connectivity index is 2.45. The molecule has 10 heavy (non-hydrogen) atoms. The van der Waals surface area contributed by atoms with Crippen molar-refractivity contribution in [3.63, 3.8) is 0 Å². The predicted molar refractivity (Wildman–Crippen MR) is 26.4 cm³/mol. The molecule has 0 aromatic heterocycles. The third-order valence-electron chi connectivity index (χ3n) is 1.34. The van der Waals surface area contributed by atoms with Gasteiger partial charge in [0.25, 0.3) is 0 Å². The number of halogens is 3. The molecule has 0 saturated carbocycles. The molecule has 0 spiro atoms. The van der Waals surface area contributed by atoms with Gasteiger partial charge < -0.3 is 9.84 Å². The van der Waals surface area contributed by atoms with E-state index in [1.165, 1.54) is 0 Å². The van der Waals surface area contributed by atoms with E-state index in [-0.39, 0.29) is 13.0 Å². The van der Waals surface area contributed by atoms with Crippen molar-refractivity contribution >= 4 is 0 Å². The predicted octanol–water partition coefficient (Wildman–Crippen LogP) is 0.698. The normalized spacial score (nSPS) is 34.8. The minimum Gasteiger partial charge on any atom is -0.391 e. The van der Waals surface area contributed by atoms with Gasteiger partial charge in [0.05, 0.1) is 12.7 Å². The lowest BCUT2D eigenvalue weighted by molar-refractivity contribution is -0.206. The van der Waals surface area contributed by atoms with E-state index >= 15 is 0 Å². The lowest BCUT2D eigenvalue weighted by atomic mass is 10.2. The second kappa shape index (κ2) is 2.39. The van der Waals surface area contributed by atoms with Crippen LogP contribution in [-0.4, -0.2) is 30.1 Å².